The summed E-state index contributed by atoms with van der Waals surface area (Å²) in [6, 6.07) is 14.6. The molecular formula is C18H19F3N2O. The van der Waals surface area contributed by atoms with E-state index in [4.69, 9.17) is 0 Å². The quantitative estimate of drug-likeness (QED) is 0.852. The second-order valence-corrected chi connectivity index (χ2v) is 5.67. The highest BCUT2D eigenvalue weighted by Crippen LogP contribution is 2.19. The van der Waals surface area contributed by atoms with E-state index in [-0.39, 0.29) is 11.7 Å². The third-order valence-corrected chi connectivity index (χ3v) is 3.60. The predicted octanol–water partition coefficient (Wildman–Crippen LogP) is 4.35. The van der Waals surface area contributed by atoms with Crippen molar-refractivity contribution in [1.82, 2.24) is 5.32 Å². The maximum absolute atomic E-state index is 12.3. The molecule has 2 aromatic rings. The Kier molecular flexibility index (Phi) is 5.62. The summed E-state index contributed by atoms with van der Waals surface area (Å²) in [5, 5.41) is 5.18. The molecule has 6 heteroatoms. The van der Waals surface area contributed by atoms with Crippen LogP contribution in [-0.2, 0) is 11.3 Å². The molecule has 0 saturated carbocycles. The zero-order valence-electron chi connectivity index (χ0n) is 13.4. The maximum Gasteiger partial charge on any atom is 0.471 e. The van der Waals surface area contributed by atoms with Crippen molar-refractivity contribution in [3.05, 3.63) is 65.2 Å². The van der Waals surface area contributed by atoms with Gasteiger partial charge >= 0.3 is 12.1 Å². The van der Waals surface area contributed by atoms with Crippen molar-refractivity contribution in [2.24, 2.45) is 0 Å². The number of carbonyl (C=O) groups is 1. The molecule has 0 fully saturated rings. The Balaban J connectivity index is 1.98. The van der Waals surface area contributed by atoms with Crippen LogP contribution in [0.3, 0.4) is 0 Å². The third-order valence-electron chi connectivity index (χ3n) is 3.60. The van der Waals surface area contributed by atoms with Gasteiger partial charge in [0, 0.05) is 18.3 Å². The van der Waals surface area contributed by atoms with E-state index < -0.39 is 12.1 Å². The normalized spacial score (nSPS) is 12.7. The number of rotatable bonds is 5. The number of nitrogens with one attached hydrogen (secondary N) is 2. The molecule has 1 atom stereocenters. The summed E-state index contributed by atoms with van der Waals surface area (Å²) in [6.45, 7) is 4.51. The van der Waals surface area contributed by atoms with Crippen LogP contribution in [0.1, 0.15) is 29.7 Å². The molecule has 0 unspecified atom stereocenters. The van der Waals surface area contributed by atoms with Crippen molar-refractivity contribution < 1.29 is 18.0 Å². The maximum atomic E-state index is 12.3. The van der Waals surface area contributed by atoms with Crippen LogP contribution in [0.5, 0.6) is 0 Å². The van der Waals surface area contributed by atoms with E-state index in [9.17, 15) is 18.0 Å². The number of anilines is 1. The molecule has 0 spiro atoms. The lowest BCUT2D eigenvalue weighted by Crippen LogP contribution is -2.30. The van der Waals surface area contributed by atoms with E-state index in [1.165, 1.54) is 12.1 Å². The van der Waals surface area contributed by atoms with Gasteiger partial charge in [-0.1, -0.05) is 42.0 Å². The summed E-state index contributed by atoms with van der Waals surface area (Å²) in [5.74, 6) is -1.97. The highest BCUT2D eigenvalue weighted by molar-refractivity contribution is 5.94. The van der Waals surface area contributed by atoms with Gasteiger partial charge in [0.25, 0.3) is 0 Å². The number of halogens is 3. The molecule has 2 rings (SSSR count). The van der Waals surface area contributed by atoms with Crippen LogP contribution in [0.25, 0.3) is 0 Å². The Morgan fingerprint density at radius 1 is 1.12 bits per heavy atom. The number of amides is 1. The zero-order chi connectivity index (χ0) is 17.7. The van der Waals surface area contributed by atoms with Gasteiger partial charge in [-0.15, -0.1) is 0 Å². The van der Waals surface area contributed by atoms with Crippen molar-refractivity contribution in [3.8, 4) is 0 Å². The van der Waals surface area contributed by atoms with Crippen LogP contribution >= 0.6 is 0 Å². The Labute approximate surface area is 138 Å². The van der Waals surface area contributed by atoms with Crippen molar-refractivity contribution in [2.45, 2.75) is 32.6 Å². The van der Waals surface area contributed by atoms with Gasteiger partial charge in [-0.25, -0.2) is 0 Å². The highest BCUT2D eigenvalue weighted by atomic mass is 19.4. The van der Waals surface area contributed by atoms with Gasteiger partial charge in [-0.05, 0) is 37.1 Å². The minimum atomic E-state index is -4.89. The largest absolute Gasteiger partial charge is 0.471 e. The Hall–Kier alpha value is -2.34. The average Bonchev–Trinajstić information content (AvgIpc) is 2.52. The fourth-order valence-electron chi connectivity index (χ4n) is 2.29. The van der Waals surface area contributed by atoms with Crippen LogP contribution in [0, 0.1) is 6.92 Å². The molecule has 0 heterocycles. The summed E-state index contributed by atoms with van der Waals surface area (Å²) >= 11 is 0. The van der Waals surface area contributed by atoms with Gasteiger partial charge in [0.05, 0.1) is 0 Å². The molecule has 0 saturated heterocycles. The minimum absolute atomic E-state index is 0.0957. The van der Waals surface area contributed by atoms with Gasteiger partial charge in [0.15, 0.2) is 0 Å². The van der Waals surface area contributed by atoms with E-state index in [1.54, 1.807) is 12.1 Å². The number of hydrogen-bond acceptors (Lipinski definition) is 2. The minimum Gasteiger partial charge on any atom is -0.318 e. The SMILES string of the molecule is Cc1cccc([C@H](C)NCc2cccc(NC(=O)C(F)(F)F)c2)c1. The van der Waals surface area contributed by atoms with Crippen LogP contribution in [0.2, 0.25) is 0 Å². The fourth-order valence-corrected chi connectivity index (χ4v) is 2.29. The summed E-state index contributed by atoms with van der Waals surface area (Å²) in [6.07, 6.45) is -4.89. The van der Waals surface area contributed by atoms with Crippen molar-refractivity contribution in [1.29, 1.82) is 0 Å². The predicted molar refractivity (Wildman–Crippen MR) is 87.6 cm³/mol. The first-order valence-electron chi connectivity index (χ1n) is 7.53. The number of aryl methyl sites for hydroxylation is 1. The van der Waals surface area contributed by atoms with E-state index in [2.05, 4.69) is 11.4 Å². The van der Waals surface area contributed by atoms with E-state index in [0.717, 1.165) is 16.7 Å². The fraction of sp³-hybridized carbons (Fsp3) is 0.278. The molecule has 0 aromatic heterocycles. The molecule has 0 aliphatic carbocycles. The second-order valence-electron chi connectivity index (χ2n) is 5.67. The lowest BCUT2D eigenvalue weighted by Gasteiger charge is -2.15. The Morgan fingerprint density at radius 3 is 2.50 bits per heavy atom. The van der Waals surface area contributed by atoms with Crippen LogP contribution in [-0.4, -0.2) is 12.1 Å². The molecule has 3 nitrogen and oxygen atoms in total. The van der Waals surface area contributed by atoms with E-state index >= 15 is 0 Å². The average molecular weight is 336 g/mol. The first kappa shape index (κ1) is 18.0. The first-order valence-corrected chi connectivity index (χ1v) is 7.53. The second kappa shape index (κ2) is 7.49. The van der Waals surface area contributed by atoms with E-state index in [0.29, 0.717) is 6.54 Å². The number of alkyl halides is 3. The third kappa shape index (κ3) is 5.09. The van der Waals surface area contributed by atoms with Crippen molar-refractivity contribution in [3.63, 3.8) is 0 Å². The Bertz CT molecular complexity index is 713. The van der Waals surface area contributed by atoms with Gasteiger partial charge in [0.1, 0.15) is 0 Å². The topological polar surface area (TPSA) is 41.1 Å². The lowest BCUT2D eigenvalue weighted by atomic mass is 10.1. The summed E-state index contributed by atoms with van der Waals surface area (Å²) in [7, 11) is 0. The molecular weight excluding hydrogens is 317 g/mol. The molecule has 0 radical (unpaired) electrons. The first-order chi connectivity index (χ1) is 11.3. The monoisotopic (exact) mass is 336 g/mol. The molecule has 0 bridgehead atoms. The number of hydrogen-bond donors (Lipinski definition) is 2. The van der Waals surface area contributed by atoms with Gasteiger partial charge in [0.2, 0.25) is 0 Å². The summed E-state index contributed by atoms with van der Waals surface area (Å²) in [4.78, 5) is 11.0. The molecule has 128 valence electrons. The van der Waals surface area contributed by atoms with Crippen LogP contribution in [0.4, 0.5) is 18.9 Å². The summed E-state index contributed by atoms with van der Waals surface area (Å²) in [5.41, 5.74) is 3.21. The van der Waals surface area contributed by atoms with E-state index in [1.807, 2.05) is 37.4 Å². The van der Waals surface area contributed by atoms with Gasteiger partial charge in [-0.3, -0.25) is 4.79 Å². The number of benzene rings is 2. The van der Waals surface area contributed by atoms with Crippen LogP contribution in [0.15, 0.2) is 48.5 Å². The molecule has 0 aliphatic heterocycles. The highest BCUT2D eigenvalue weighted by Gasteiger charge is 2.38. The summed E-state index contributed by atoms with van der Waals surface area (Å²) < 4.78 is 36.9. The van der Waals surface area contributed by atoms with Crippen molar-refractivity contribution >= 4 is 11.6 Å². The Morgan fingerprint density at radius 2 is 1.83 bits per heavy atom. The van der Waals surface area contributed by atoms with Gasteiger partial charge in [-0.2, -0.15) is 13.2 Å². The molecule has 2 aromatic carbocycles. The smallest absolute Gasteiger partial charge is 0.318 e. The lowest BCUT2D eigenvalue weighted by molar-refractivity contribution is -0.167. The molecule has 24 heavy (non-hydrogen) atoms. The molecule has 1 amide bonds. The standard InChI is InChI=1S/C18H19F3N2O/c1-12-5-3-7-15(9-12)13(2)22-11-14-6-4-8-16(10-14)23-17(24)18(19,20)21/h3-10,13,22H,11H2,1-2H3,(H,23,24)/t13-/m0/s1. The van der Waals surface area contributed by atoms with Crippen molar-refractivity contribution in [2.75, 3.05) is 5.32 Å². The van der Waals surface area contributed by atoms with Gasteiger partial charge < -0.3 is 10.6 Å². The zero-order valence-corrected chi connectivity index (χ0v) is 13.4. The molecule has 2 N–H and O–H groups in total. The van der Waals surface area contributed by atoms with Crippen LogP contribution < -0.4 is 10.6 Å². The molecule has 0 aliphatic rings. The number of carbonyl (C=O) groups excluding carboxylic acids is 1.